The predicted octanol–water partition coefficient (Wildman–Crippen LogP) is 1.05. The van der Waals surface area contributed by atoms with Crippen molar-refractivity contribution in [3.8, 4) is 0 Å². The van der Waals surface area contributed by atoms with E-state index in [0.717, 1.165) is 29.8 Å². The Bertz CT molecular complexity index is 503. The summed E-state index contributed by atoms with van der Waals surface area (Å²) in [7, 11) is 0. The molecule has 98 valence electrons. The summed E-state index contributed by atoms with van der Waals surface area (Å²) in [4.78, 5) is 4.16. The van der Waals surface area contributed by atoms with Crippen molar-refractivity contribution in [3.05, 3.63) is 24.0 Å². The monoisotopic (exact) mass is 266 g/mol. The van der Waals surface area contributed by atoms with Crippen molar-refractivity contribution in [2.24, 2.45) is 5.73 Å². The van der Waals surface area contributed by atoms with Crippen LogP contribution in [0.2, 0.25) is 0 Å². The third-order valence-corrected chi connectivity index (χ3v) is 3.74. The number of aryl methyl sites for hydroxylation is 2. The van der Waals surface area contributed by atoms with E-state index in [9.17, 15) is 0 Å². The van der Waals surface area contributed by atoms with Crippen molar-refractivity contribution < 1.29 is 0 Å². The molecule has 18 heavy (non-hydrogen) atoms. The van der Waals surface area contributed by atoms with Gasteiger partial charge in [0.2, 0.25) is 0 Å². The van der Waals surface area contributed by atoms with E-state index >= 15 is 0 Å². The lowest BCUT2D eigenvalue weighted by Crippen LogP contribution is -2.12. The van der Waals surface area contributed by atoms with Crippen LogP contribution in [0, 0.1) is 6.92 Å². The summed E-state index contributed by atoms with van der Waals surface area (Å²) in [6, 6.07) is 0. The fourth-order valence-corrected chi connectivity index (χ4v) is 2.74. The van der Waals surface area contributed by atoms with Crippen molar-refractivity contribution in [1.82, 2.24) is 24.3 Å². The Morgan fingerprint density at radius 1 is 1.39 bits per heavy atom. The molecule has 0 atom stereocenters. The average molecular weight is 266 g/mol. The molecule has 0 unspecified atom stereocenters. The third kappa shape index (κ3) is 2.73. The zero-order valence-electron chi connectivity index (χ0n) is 10.7. The number of rotatable bonds is 6. The van der Waals surface area contributed by atoms with Gasteiger partial charge in [-0.1, -0.05) is 11.8 Å². The highest BCUT2D eigenvalue weighted by molar-refractivity contribution is 7.98. The maximum atomic E-state index is 5.59. The first-order chi connectivity index (χ1) is 8.76. The summed E-state index contributed by atoms with van der Waals surface area (Å²) >= 11 is 1.67. The van der Waals surface area contributed by atoms with Crippen molar-refractivity contribution in [1.29, 1.82) is 0 Å². The highest BCUT2D eigenvalue weighted by Gasteiger charge is 2.10. The fraction of sp³-hybridized carbons (Fsp3) is 0.545. The van der Waals surface area contributed by atoms with Gasteiger partial charge in [-0.15, -0.1) is 10.2 Å². The molecule has 0 bridgehead atoms. The molecule has 0 spiro atoms. The highest BCUT2D eigenvalue weighted by Crippen LogP contribution is 2.21. The normalized spacial score (nSPS) is 11.1. The van der Waals surface area contributed by atoms with Crippen LogP contribution in [0.15, 0.2) is 17.7 Å². The summed E-state index contributed by atoms with van der Waals surface area (Å²) in [5, 5.41) is 9.19. The molecule has 0 amide bonds. The zero-order chi connectivity index (χ0) is 13.0. The Hall–Kier alpha value is -1.34. The van der Waals surface area contributed by atoms with Crippen LogP contribution in [0.25, 0.3) is 0 Å². The average Bonchev–Trinajstić information content (AvgIpc) is 2.96. The molecule has 0 aliphatic carbocycles. The van der Waals surface area contributed by atoms with Gasteiger partial charge in [0.05, 0.1) is 6.33 Å². The minimum absolute atomic E-state index is 0.597. The lowest BCUT2D eigenvalue weighted by molar-refractivity contribution is 0.627. The van der Waals surface area contributed by atoms with Crippen LogP contribution >= 0.6 is 11.8 Å². The largest absolute Gasteiger partial charge is 0.334 e. The maximum absolute atomic E-state index is 5.59. The number of nitrogens with two attached hydrogens (primary N) is 1. The molecular formula is C11H18N6S. The van der Waals surface area contributed by atoms with Gasteiger partial charge in [-0.05, 0) is 13.8 Å². The van der Waals surface area contributed by atoms with E-state index < -0.39 is 0 Å². The second-order valence-corrected chi connectivity index (χ2v) is 4.87. The second-order valence-electron chi connectivity index (χ2n) is 3.93. The minimum Gasteiger partial charge on any atom is -0.334 e. The molecule has 0 saturated carbocycles. The molecule has 0 aromatic carbocycles. The van der Waals surface area contributed by atoms with E-state index in [4.69, 9.17) is 5.73 Å². The Labute approximate surface area is 111 Å². The number of nitrogens with zero attached hydrogens (tertiary/aromatic N) is 5. The molecule has 0 aliphatic rings. The summed E-state index contributed by atoms with van der Waals surface area (Å²) in [6.45, 7) is 6.35. The first kappa shape index (κ1) is 13.1. The molecule has 2 rings (SSSR count). The van der Waals surface area contributed by atoms with Crippen LogP contribution < -0.4 is 5.73 Å². The molecule has 2 N–H and O–H groups in total. The molecular weight excluding hydrogens is 248 g/mol. The first-order valence-corrected chi connectivity index (χ1v) is 6.96. The topological polar surface area (TPSA) is 74.5 Å². The minimum atomic E-state index is 0.597. The molecule has 0 fully saturated rings. The van der Waals surface area contributed by atoms with Crippen LogP contribution in [0.1, 0.15) is 18.4 Å². The fourth-order valence-electron chi connectivity index (χ4n) is 1.75. The van der Waals surface area contributed by atoms with Gasteiger partial charge in [0.15, 0.2) is 5.16 Å². The highest BCUT2D eigenvalue weighted by atomic mass is 32.2. The van der Waals surface area contributed by atoms with Gasteiger partial charge in [0.1, 0.15) is 5.82 Å². The quantitative estimate of drug-likeness (QED) is 0.791. The van der Waals surface area contributed by atoms with Crippen molar-refractivity contribution in [2.45, 2.75) is 37.8 Å². The van der Waals surface area contributed by atoms with Gasteiger partial charge >= 0.3 is 0 Å². The number of thioether (sulfide) groups is 1. The Balaban J connectivity index is 2.06. The summed E-state index contributed by atoms with van der Waals surface area (Å²) in [5.41, 5.74) is 6.79. The number of aromatic nitrogens is 5. The van der Waals surface area contributed by atoms with E-state index in [-0.39, 0.29) is 0 Å². The lowest BCUT2D eigenvalue weighted by atomic mass is 10.5. The smallest absolute Gasteiger partial charge is 0.191 e. The maximum Gasteiger partial charge on any atom is 0.191 e. The lowest BCUT2D eigenvalue weighted by Gasteiger charge is -2.07. The van der Waals surface area contributed by atoms with Crippen molar-refractivity contribution in [2.75, 3.05) is 6.54 Å². The van der Waals surface area contributed by atoms with Crippen LogP contribution in [0.5, 0.6) is 0 Å². The molecule has 2 aromatic rings. The Morgan fingerprint density at radius 3 is 2.94 bits per heavy atom. The van der Waals surface area contributed by atoms with Gasteiger partial charge in [-0.25, -0.2) is 4.98 Å². The van der Waals surface area contributed by atoms with Crippen LogP contribution in [-0.4, -0.2) is 30.9 Å². The number of imidazole rings is 1. The molecule has 0 aliphatic heterocycles. The van der Waals surface area contributed by atoms with Crippen LogP contribution in [-0.2, 0) is 18.8 Å². The molecule has 2 aromatic heterocycles. The first-order valence-electron chi connectivity index (χ1n) is 5.98. The summed E-state index contributed by atoms with van der Waals surface area (Å²) < 4.78 is 4.18. The van der Waals surface area contributed by atoms with E-state index in [0.29, 0.717) is 6.54 Å². The second kappa shape index (κ2) is 6.01. The number of hydrogen-bond donors (Lipinski definition) is 1. The van der Waals surface area contributed by atoms with Crippen molar-refractivity contribution in [3.63, 3.8) is 0 Å². The van der Waals surface area contributed by atoms with Crippen LogP contribution in [0.3, 0.4) is 0 Å². The van der Waals surface area contributed by atoms with Gasteiger partial charge < -0.3 is 14.9 Å². The SMILES string of the molecule is CCn1cncc1CSc1nnc(C)n1CCN. The van der Waals surface area contributed by atoms with E-state index in [2.05, 4.69) is 31.2 Å². The Morgan fingerprint density at radius 2 is 2.22 bits per heavy atom. The van der Waals surface area contributed by atoms with Crippen molar-refractivity contribution >= 4 is 11.8 Å². The molecule has 2 heterocycles. The molecule has 6 nitrogen and oxygen atoms in total. The molecule has 0 saturated heterocycles. The third-order valence-electron chi connectivity index (χ3n) is 2.74. The van der Waals surface area contributed by atoms with Gasteiger partial charge in [-0.3, -0.25) is 0 Å². The van der Waals surface area contributed by atoms with E-state index in [1.165, 1.54) is 5.69 Å². The summed E-state index contributed by atoms with van der Waals surface area (Å²) in [5.74, 6) is 1.75. The predicted molar refractivity (Wildman–Crippen MR) is 71.3 cm³/mol. The Kier molecular flexibility index (Phi) is 4.38. The van der Waals surface area contributed by atoms with E-state index in [1.54, 1.807) is 11.8 Å². The standard InChI is InChI=1S/C11H18N6S/c1-3-16-8-13-6-10(16)7-18-11-15-14-9(2)17(11)5-4-12/h6,8H,3-5,7,12H2,1-2H3. The van der Waals surface area contributed by atoms with Gasteiger partial charge in [0.25, 0.3) is 0 Å². The van der Waals surface area contributed by atoms with E-state index in [1.807, 2.05) is 19.4 Å². The summed E-state index contributed by atoms with van der Waals surface area (Å²) in [6.07, 6.45) is 3.75. The number of hydrogen-bond acceptors (Lipinski definition) is 5. The van der Waals surface area contributed by atoms with Gasteiger partial charge in [0, 0.05) is 37.3 Å². The van der Waals surface area contributed by atoms with Gasteiger partial charge in [-0.2, -0.15) is 0 Å². The van der Waals surface area contributed by atoms with Crippen LogP contribution in [0.4, 0.5) is 0 Å². The molecule has 0 radical (unpaired) electrons. The molecule has 7 heteroatoms. The zero-order valence-corrected chi connectivity index (χ0v) is 11.5.